The van der Waals surface area contributed by atoms with Crippen LogP contribution in [0.2, 0.25) is 10.0 Å². The zero-order valence-corrected chi connectivity index (χ0v) is 20.3. The maximum Gasteiger partial charge on any atom is 0.493 e. The molecule has 1 aromatic heterocycles. The van der Waals surface area contributed by atoms with Gasteiger partial charge in [-0.05, 0) is 36.4 Å². The molecule has 192 valence electrons. The van der Waals surface area contributed by atoms with Crippen LogP contribution in [0.3, 0.4) is 0 Å². The van der Waals surface area contributed by atoms with Gasteiger partial charge in [0.2, 0.25) is 0 Å². The Morgan fingerprint density at radius 3 is 2.36 bits per heavy atom. The number of halogens is 5. The monoisotopic (exact) mass is 546 g/mol. The highest BCUT2D eigenvalue weighted by Gasteiger charge is 2.44. The first kappa shape index (κ1) is 27.1. The van der Waals surface area contributed by atoms with Crippen LogP contribution in [-0.4, -0.2) is 48.1 Å². The number of nitrogens with two attached hydrogens (primary N) is 1. The molecule has 0 saturated heterocycles. The van der Waals surface area contributed by atoms with E-state index in [0.717, 1.165) is 6.07 Å². The van der Waals surface area contributed by atoms with Crippen LogP contribution in [0.15, 0.2) is 42.6 Å². The summed E-state index contributed by atoms with van der Waals surface area (Å²) < 4.78 is 51.2. The molecule has 0 aliphatic rings. The minimum absolute atomic E-state index is 0.0123. The van der Waals surface area contributed by atoms with Crippen molar-refractivity contribution in [3.05, 3.63) is 58.2 Å². The molecule has 36 heavy (non-hydrogen) atoms. The number of carbonyl (C=O) groups excluding carboxylic acids is 2. The van der Waals surface area contributed by atoms with E-state index in [1.807, 2.05) is 0 Å². The molecule has 0 spiro atoms. The summed E-state index contributed by atoms with van der Waals surface area (Å²) >= 11 is 12.3. The van der Waals surface area contributed by atoms with Crippen LogP contribution in [0.25, 0.3) is 11.3 Å². The fourth-order valence-corrected chi connectivity index (χ4v) is 3.63. The maximum atomic E-state index is 13.2. The lowest BCUT2D eigenvalue weighted by atomic mass is 10.1. The summed E-state index contributed by atoms with van der Waals surface area (Å²) in [5.41, 5.74) is 5.67. The van der Waals surface area contributed by atoms with Crippen LogP contribution in [-0.2, 0) is 16.7 Å². The summed E-state index contributed by atoms with van der Waals surface area (Å²) in [6.45, 7) is 0.282. The number of hydroxylamine groups is 1. The molecule has 2 N–H and O–H groups in total. The molecular weight excluding hydrogens is 528 g/mol. The lowest BCUT2D eigenvalue weighted by molar-refractivity contribution is -0.199. The molecule has 0 saturated carbocycles. The largest absolute Gasteiger partial charge is 0.495 e. The SMILES string of the molecule is COc1ccc(C(=O)N(OC(=O)C(F)(F)F)c2ccc(OCCN)c(-c3c(Cl)cnn3C)c2)cc1Cl. The van der Waals surface area contributed by atoms with Gasteiger partial charge in [-0.2, -0.15) is 18.3 Å². The van der Waals surface area contributed by atoms with Gasteiger partial charge in [0.1, 0.15) is 18.1 Å². The molecule has 0 aliphatic carbocycles. The number of aryl methyl sites for hydroxylation is 1. The van der Waals surface area contributed by atoms with Gasteiger partial charge >= 0.3 is 12.1 Å². The van der Waals surface area contributed by atoms with E-state index in [1.54, 1.807) is 7.05 Å². The number of carbonyl (C=O) groups is 2. The van der Waals surface area contributed by atoms with Gasteiger partial charge in [-0.1, -0.05) is 23.2 Å². The highest BCUT2D eigenvalue weighted by Crippen LogP contribution is 2.38. The number of ether oxygens (including phenoxy) is 2. The molecule has 1 heterocycles. The molecule has 2 aromatic carbocycles. The van der Waals surface area contributed by atoms with E-state index in [-0.39, 0.29) is 56.6 Å². The van der Waals surface area contributed by atoms with Crippen LogP contribution in [0.5, 0.6) is 11.5 Å². The highest BCUT2D eigenvalue weighted by molar-refractivity contribution is 6.33. The zero-order valence-electron chi connectivity index (χ0n) is 18.8. The van der Waals surface area contributed by atoms with Gasteiger partial charge in [-0.25, -0.2) is 4.79 Å². The second kappa shape index (κ2) is 11.1. The van der Waals surface area contributed by atoms with Crippen molar-refractivity contribution < 1.29 is 37.1 Å². The van der Waals surface area contributed by atoms with E-state index in [9.17, 15) is 22.8 Å². The Morgan fingerprint density at radius 2 is 1.81 bits per heavy atom. The van der Waals surface area contributed by atoms with Crippen molar-refractivity contribution >= 4 is 40.8 Å². The van der Waals surface area contributed by atoms with Crippen LogP contribution in [0.1, 0.15) is 10.4 Å². The number of nitrogens with zero attached hydrogens (tertiary/aromatic N) is 3. The third kappa shape index (κ3) is 5.83. The van der Waals surface area contributed by atoms with Crippen LogP contribution < -0.4 is 20.3 Å². The van der Waals surface area contributed by atoms with E-state index < -0.39 is 18.1 Å². The minimum atomic E-state index is -5.38. The Bertz CT molecular complexity index is 1260. The molecule has 0 atom stereocenters. The Labute approximate surface area is 213 Å². The lowest BCUT2D eigenvalue weighted by Gasteiger charge is -2.23. The number of hydrogen-bond acceptors (Lipinski definition) is 7. The fraction of sp³-hybridized carbons (Fsp3) is 0.227. The van der Waals surface area contributed by atoms with Gasteiger partial charge in [0.05, 0.1) is 34.7 Å². The van der Waals surface area contributed by atoms with Gasteiger partial charge < -0.3 is 20.0 Å². The average molecular weight is 547 g/mol. The predicted octanol–water partition coefficient (Wildman–Crippen LogP) is 4.41. The first-order valence-electron chi connectivity index (χ1n) is 10.1. The Balaban J connectivity index is 2.15. The topological polar surface area (TPSA) is 109 Å². The van der Waals surface area contributed by atoms with Gasteiger partial charge in [-0.15, -0.1) is 5.06 Å². The van der Waals surface area contributed by atoms with Crippen molar-refractivity contribution in [2.24, 2.45) is 12.8 Å². The summed E-state index contributed by atoms with van der Waals surface area (Å²) in [4.78, 5) is 29.5. The second-order valence-electron chi connectivity index (χ2n) is 7.11. The van der Waals surface area contributed by atoms with E-state index in [0.29, 0.717) is 5.69 Å². The highest BCUT2D eigenvalue weighted by atomic mass is 35.5. The first-order valence-corrected chi connectivity index (χ1v) is 10.9. The minimum Gasteiger partial charge on any atom is -0.495 e. The molecular formula is C22H19Cl2F3N4O5. The Hall–Kier alpha value is -3.48. The van der Waals surface area contributed by atoms with Crippen LogP contribution in [0.4, 0.5) is 18.9 Å². The van der Waals surface area contributed by atoms with Gasteiger partial charge in [0.15, 0.2) is 0 Å². The van der Waals surface area contributed by atoms with E-state index in [2.05, 4.69) is 9.94 Å². The van der Waals surface area contributed by atoms with Crippen molar-refractivity contribution in [3.8, 4) is 22.8 Å². The molecule has 0 unspecified atom stereocenters. The van der Waals surface area contributed by atoms with Crippen molar-refractivity contribution in [3.63, 3.8) is 0 Å². The molecule has 14 heteroatoms. The number of amides is 1. The predicted molar refractivity (Wildman–Crippen MR) is 125 cm³/mol. The number of benzene rings is 2. The molecule has 1 amide bonds. The third-order valence-electron chi connectivity index (χ3n) is 4.71. The molecule has 9 nitrogen and oxygen atoms in total. The summed E-state index contributed by atoms with van der Waals surface area (Å²) in [5, 5.41) is 4.45. The Kier molecular flexibility index (Phi) is 8.33. The summed E-state index contributed by atoms with van der Waals surface area (Å²) in [6.07, 6.45) is -4.03. The van der Waals surface area contributed by atoms with Crippen molar-refractivity contribution in [2.45, 2.75) is 6.18 Å². The quantitative estimate of drug-likeness (QED) is 0.437. The van der Waals surface area contributed by atoms with Crippen molar-refractivity contribution in [2.75, 3.05) is 25.3 Å². The normalized spacial score (nSPS) is 11.2. The third-order valence-corrected chi connectivity index (χ3v) is 5.28. The molecule has 0 bridgehead atoms. The lowest BCUT2D eigenvalue weighted by Crippen LogP contribution is -2.38. The standard InChI is InChI=1S/C22H19Cl2F3N4O5/c1-30-19(16(24)11-29-30)14-10-13(4-6-17(14)35-8-7-28)31(36-21(33)22(25,26)27)20(32)12-3-5-18(34-2)15(23)9-12/h3-6,9-11H,7-8,28H2,1-2H3. The Morgan fingerprint density at radius 1 is 1.11 bits per heavy atom. The van der Waals surface area contributed by atoms with E-state index in [1.165, 1.54) is 48.3 Å². The summed E-state index contributed by atoms with van der Waals surface area (Å²) in [7, 11) is 2.92. The van der Waals surface area contributed by atoms with Crippen LogP contribution in [0, 0.1) is 0 Å². The fourth-order valence-electron chi connectivity index (χ4n) is 3.10. The van der Waals surface area contributed by atoms with E-state index >= 15 is 0 Å². The maximum absolute atomic E-state index is 13.2. The van der Waals surface area contributed by atoms with Crippen molar-refractivity contribution in [1.29, 1.82) is 0 Å². The van der Waals surface area contributed by atoms with Crippen molar-refractivity contribution in [1.82, 2.24) is 9.78 Å². The number of aromatic nitrogens is 2. The molecule has 0 radical (unpaired) electrons. The molecule has 3 rings (SSSR count). The van der Waals surface area contributed by atoms with Gasteiger partial charge in [0.25, 0.3) is 5.91 Å². The number of hydrogen-bond donors (Lipinski definition) is 1. The molecule has 3 aromatic rings. The zero-order chi connectivity index (χ0) is 26.6. The first-order chi connectivity index (χ1) is 17.0. The van der Waals surface area contributed by atoms with Gasteiger partial charge in [-0.3, -0.25) is 9.48 Å². The molecule has 0 aliphatic heterocycles. The van der Waals surface area contributed by atoms with Crippen LogP contribution >= 0.6 is 23.2 Å². The number of alkyl halides is 3. The van der Waals surface area contributed by atoms with Gasteiger partial charge in [0, 0.05) is 24.7 Å². The number of methoxy groups -OCH3 is 1. The van der Waals surface area contributed by atoms with E-state index in [4.69, 9.17) is 38.4 Å². The average Bonchev–Trinajstić information content (AvgIpc) is 3.17. The second-order valence-corrected chi connectivity index (χ2v) is 7.92. The number of anilines is 1. The summed E-state index contributed by atoms with van der Waals surface area (Å²) in [5.74, 6) is -3.26. The summed E-state index contributed by atoms with van der Waals surface area (Å²) in [6, 6.07) is 7.61. The smallest absolute Gasteiger partial charge is 0.493 e. The molecule has 0 fully saturated rings. The number of rotatable bonds is 7.